The number of ether oxygens (including phenoxy) is 1. The number of hydrogen-bond donors (Lipinski definition) is 1. The van der Waals surface area contributed by atoms with E-state index in [0.717, 1.165) is 5.56 Å². The lowest BCUT2D eigenvalue weighted by Gasteiger charge is -2.06. The second kappa shape index (κ2) is 8.05. The van der Waals surface area contributed by atoms with Crippen molar-refractivity contribution >= 4 is 17.1 Å². The molecule has 0 aliphatic carbocycles. The fourth-order valence-corrected chi connectivity index (χ4v) is 2.26. The molecular formula is C18H17N3O4. The highest BCUT2D eigenvalue weighted by Gasteiger charge is 2.07. The van der Waals surface area contributed by atoms with E-state index < -0.39 is 11.7 Å². The summed E-state index contributed by atoms with van der Waals surface area (Å²) in [6.45, 7) is 0.610. The number of pyridine rings is 1. The fraction of sp³-hybridized carbons (Fsp3) is 0.222. The zero-order valence-electron chi connectivity index (χ0n) is 13.5. The van der Waals surface area contributed by atoms with Gasteiger partial charge in [-0.2, -0.15) is 4.98 Å². The maximum Gasteiger partial charge on any atom is 0.407 e. The van der Waals surface area contributed by atoms with Gasteiger partial charge in [0.15, 0.2) is 5.65 Å². The summed E-state index contributed by atoms with van der Waals surface area (Å²) in [5.41, 5.74) is 0.833. The van der Waals surface area contributed by atoms with Crippen LogP contribution in [0.15, 0.2) is 57.9 Å². The number of aryl methyl sites for hydroxylation is 1. The first-order valence-corrected chi connectivity index (χ1v) is 7.92. The van der Waals surface area contributed by atoms with Gasteiger partial charge in [-0.1, -0.05) is 30.3 Å². The molecule has 0 saturated carbocycles. The molecule has 0 saturated heterocycles. The lowest BCUT2D eigenvalue weighted by Crippen LogP contribution is -2.25. The van der Waals surface area contributed by atoms with Crippen LogP contribution < -0.4 is 10.9 Å². The lowest BCUT2D eigenvalue weighted by molar-refractivity contribution is 0.139. The maximum absolute atomic E-state index is 11.8. The largest absolute Gasteiger partial charge is 0.445 e. The van der Waals surface area contributed by atoms with Crippen molar-refractivity contribution in [2.24, 2.45) is 0 Å². The van der Waals surface area contributed by atoms with E-state index in [-0.39, 0.29) is 6.61 Å². The molecular weight excluding hydrogens is 322 g/mol. The van der Waals surface area contributed by atoms with Gasteiger partial charge in [0.1, 0.15) is 12.0 Å². The molecule has 0 atom stereocenters. The summed E-state index contributed by atoms with van der Waals surface area (Å²) < 4.78 is 10.3. The van der Waals surface area contributed by atoms with Crippen molar-refractivity contribution in [2.75, 3.05) is 6.54 Å². The van der Waals surface area contributed by atoms with E-state index in [2.05, 4.69) is 15.3 Å². The molecule has 0 bridgehead atoms. The van der Waals surface area contributed by atoms with Crippen molar-refractivity contribution in [3.8, 4) is 0 Å². The van der Waals surface area contributed by atoms with Gasteiger partial charge >= 0.3 is 11.7 Å². The highest BCUT2D eigenvalue weighted by atomic mass is 16.5. The molecule has 0 fully saturated rings. The molecule has 0 radical (unpaired) electrons. The number of nitrogens with zero attached hydrogens (tertiary/aromatic N) is 2. The van der Waals surface area contributed by atoms with Gasteiger partial charge in [-0.3, -0.25) is 0 Å². The third-order valence-electron chi connectivity index (χ3n) is 3.50. The number of alkyl carbamates (subject to hydrolysis) is 1. The Kier molecular flexibility index (Phi) is 5.36. The number of amides is 1. The van der Waals surface area contributed by atoms with Crippen LogP contribution in [0.3, 0.4) is 0 Å². The van der Waals surface area contributed by atoms with Crippen LogP contribution in [0.5, 0.6) is 0 Å². The fourth-order valence-electron chi connectivity index (χ4n) is 2.26. The molecule has 2 heterocycles. The molecule has 1 amide bonds. The topological polar surface area (TPSA) is 94.3 Å². The standard InChI is InChI=1S/C18H17N3O4/c22-17-14-8-4-10-19-16(14)21-15(25-17)9-5-11-20-18(23)24-12-13-6-2-1-3-7-13/h1-4,6-8,10H,5,9,11-12H2,(H,20,23). The van der Waals surface area contributed by atoms with Crippen LogP contribution in [0.25, 0.3) is 11.0 Å². The molecule has 1 aromatic carbocycles. The first-order chi connectivity index (χ1) is 12.2. The quantitative estimate of drug-likeness (QED) is 0.693. The van der Waals surface area contributed by atoms with Crippen LogP contribution in [-0.4, -0.2) is 22.6 Å². The number of benzene rings is 1. The number of aromatic nitrogens is 2. The van der Waals surface area contributed by atoms with Crippen LogP contribution in [0, 0.1) is 0 Å². The van der Waals surface area contributed by atoms with Gasteiger partial charge in [0.05, 0.1) is 0 Å². The summed E-state index contributed by atoms with van der Waals surface area (Å²) in [5, 5.41) is 3.01. The minimum Gasteiger partial charge on any atom is -0.445 e. The van der Waals surface area contributed by atoms with Gasteiger partial charge in [-0.05, 0) is 24.1 Å². The van der Waals surface area contributed by atoms with Gasteiger partial charge in [0.25, 0.3) is 0 Å². The number of rotatable bonds is 6. The number of hydrogen-bond acceptors (Lipinski definition) is 6. The number of carbonyl (C=O) groups is 1. The van der Waals surface area contributed by atoms with Crippen LogP contribution in [0.4, 0.5) is 4.79 Å². The molecule has 0 aliphatic heterocycles. The molecule has 0 spiro atoms. The van der Waals surface area contributed by atoms with E-state index in [1.807, 2.05) is 30.3 Å². The van der Waals surface area contributed by atoms with E-state index in [1.54, 1.807) is 18.3 Å². The zero-order valence-corrected chi connectivity index (χ0v) is 13.5. The van der Waals surface area contributed by atoms with Crippen LogP contribution in [0.1, 0.15) is 17.9 Å². The Morgan fingerprint density at radius 2 is 2.00 bits per heavy atom. The summed E-state index contributed by atoms with van der Waals surface area (Å²) in [5.74, 6) is 0.302. The lowest BCUT2D eigenvalue weighted by atomic mass is 10.2. The van der Waals surface area contributed by atoms with E-state index in [1.165, 1.54) is 0 Å². The molecule has 0 unspecified atom stereocenters. The summed E-state index contributed by atoms with van der Waals surface area (Å²) in [4.78, 5) is 31.7. The Morgan fingerprint density at radius 3 is 2.84 bits per heavy atom. The van der Waals surface area contributed by atoms with Crippen molar-refractivity contribution in [1.29, 1.82) is 0 Å². The third-order valence-corrected chi connectivity index (χ3v) is 3.50. The summed E-state index contributed by atoms with van der Waals surface area (Å²) in [7, 11) is 0. The highest BCUT2D eigenvalue weighted by molar-refractivity contribution is 5.72. The summed E-state index contributed by atoms with van der Waals surface area (Å²) in [6, 6.07) is 12.7. The molecule has 2 aromatic heterocycles. The molecule has 3 rings (SSSR count). The molecule has 25 heavy (non-hydrogen) atoms. The van der Waals surface area contributed by atoms with Gasteiger partial charge in [0.2, 0.25) is 5.89 Å². The smallest absolute Gasteiger partial charge is 0.407 e. The van der Waals surface area contributed by atoms with Gasteiger partial charge in [-0.25, -0.2) is 14.6 Å². The zero-order chi connectivity index (χ0) is 17.5. The molecule has 3 aromatic rings. The van der Waals surface area contributed by atoms with Crippen molar-refractivity contribution in [1.82, 2.24) is 15.3 Å². The molecule has 1 N–H and O–H groups in total. The Morgan fingerprint density at radius 1 is 1.16 bits per heavy atom. The molecule has 7 nitrogen and oxygen atoms in total. The Hall–Kier alpha value is -3.22. The van der Waals surface area contributed by atoms with Gasteiger partial charge in [-0.15, -0.1) is 0 Å². The normalized spacial score (nSPS) is 10.6. The maximum atomic E-state index is 11.8. The molecule has 7 heteroatoms. The summed E-state index contributed by atoms with van der Waals surface area (Å²) in [6.07, 6.45) is 2.07. The number of carbonyl (C=O) groups excluding carboxylic acids is 1. The van der Waals surface area contributed by atoms with E-state index in [9.17, 15) is 9.59 Å². The van der Waals surface area contributed by atoms with Gasteiger partial charge < -0.3 is 14.5 Å². The average Bonchev–Trinajstić information content (AvgIpc) is 2.64. The predicted molar refractivity (Wildman–Crippen MR) is 91.0 cm³/mol. The highest BCUT2D eigenvalue weighted by Crippen LogP contribution is 2.05. The summed E-state index contributed by atoms with van der Waals surface area (Å²) >= 11 is 0. The Labute approximate surface area is 143 Å². The van der Waals surface area contributed by atoms with E-state index >= 15 is 0 Å². The first-order valence-electron chi connectivity index (χ1n) is 7.92. The van der Waals surface area contributed by atoms with Gasteiger partial charge in [0, 0.05) is 19.2 Å². The monoisotopic (exact) mass is 339 g/mol. The van der Waals surface area contributed by atoms with Crippen molar-refractivity contribution in [3.05, 3.63) is 70.5 Å². The predicted octanol–water partition coefficient (Wildman–Crippen LogP) is 2.44. The minimum absolute atomic E-state index is 0.222. The van der Waals surface area contributed by atoms with E-state index in [4.69, 9.17) is 9.15 Å². The Bertz CT molecular complexity index is 909. The minimum atomic E-state index is -0.488. The second-order valence-corrected chi connectivity index (χ2v) is 5.36. The number of fused-ring (bicyclic) bond motifs is 1. The first kappa shape index (κ1) is 16.6. The molecule has 0 aliphatic rings. The van der Waals surface area contributed by atoms with Crippen molar-refractivity contribution < 1.29 is 13.9 Å². The van der Waals surface area contributed by atoms with Crippen LogP contribution in [0.2, 0.25) is 0 Å². The van der Waals surface area contributed by atoms with Crippen LogP contribution in [-0.2, 0) is 17.8 Å². The van der Waals surface area contributed by atoms with Crippen molar-refractivity contribution in [2.45, 2.75) is 19.4 Å². The van der Waals surface area contributed by atoms with Crippen LogP contribution >= 0.6 is 0 Å². The SMILES string of the molecule is O=C(NCCCc1nc2ncccc2c(=O)o1)OCc1ccccc1. The van der Waals surface area contributed by atoms with Crippen molar-refractivity contribution in [3.63, 3.8) is 0 Å². The molecule has 128 valence electrons. The Balaban J connectivity index is 1.44. The average molecular weight is 339 g/mol. The second-order valence-electron chi connectivity index (χ2n) is 5.36. The third kappa shape index (κ3) is 4.63. The van der Waals surface area contributed by atoms with E-state index in [0.29, 0.717) is 36.3 Å². The number of nitrogens with one attached hydrogen (secondary N) is 1.